The smallest absolute Gasteiger partial charge is 0.222 e. The van der Waals surface area contributed by atoms with E-state index in [4.69, 9.17) is 0 Å². The number of hydrogen-bond donors (Lipinski definition) is 0. The molecule has 0 saturated carbocycles. The molecule has 0 aromatic heterocycles. The maximum absolute atomic E-state index is 12.3. The van der Waals surface area contributed by atoms with Gasteiger partial charge in [0.25, 0.3) is 0 Å². The second-order valence-corrected chi connectivity index (χ2v) is 7.17. The van der Waals surface area contributed by atoms with Crippen molar-refractivity contribution in [1.29, 1.82) is 0 Å². The molecular formula is C21H30N2O. The lowest BCUT2D eigenvalue weighted by atomic mass is 9.83. The first kappa shape index (κ1) is 17.2. The van der Waals surface area contributed by atoms with Gasteiger partial charge < -0.3 is 4.90 Å². The number of rotatable bonds is 6. The van der Waals surface area contributed by atoms with Crippen LogP contribution in [0, 0.1) is 5.92 Å². The number of amides is 1. The minimum Gasteiger partial charge on any atom is -0.339 e. The molecule has 1 amide bonds. The van der Waals surface area contributed by atoms with Gasteiger partial charge in [-0.05, 0) is 30.7 Å². The van der Waals surface area contributed by atoms with Crippen LogP contribution in [0.5, 0.6) is 0 Å². The zero-order valence-electron chi connectivity index (χ0n) is 14.9. The molecule has 3 nitrogen and oxygen atoms in total. The van der Waals surface area contributed by atoms with Gasteiger partial charge in [-0.25, -0.2) is 0 Å². The second kappa shape index (κ2) is 8.48. The predicted molar refractivity (Wildman–Crippen MR) is 99.7 cm³/mol. The van der Waals surface area contributed by atoms with E-state index in [1.165, 1.54) is 5.56 Å². The molecule has 0 bridgehead atoms. The van der Waals surface area contributed by atoms with Crippen molar-refractivity contribution in [2.24, 2.45) is 5.92 Å². The highest BCUT2D eigenvalue weighted by Crippen LogP contribution is 2.31. The van der Waals surface area contributed by atoms with Crippen molar-refractivity contribution in [3.05, 3.63) is 42.0 Å². The number of carbonyl (C=O) groups is 1. The van der Waals surface area contributed by atoms with Gasteiger partial charge in [0, 0.05) is 38.6 Å². The molecule has 0 unspecified atom stereocenters. The van der Waals surface area contributed by atoms with Gasteiger partial charge in [0.1, 0.15) is 0 Å². The van der Waals surface area contributed by atoms with Crippen LogP contribution in [-0.4, -0.2) is 47.9 Å². The van der Waals surface area contributed by atoms with Gasteiger partial charge in [-0.3, -0.25) is 9.69 Å². The molecule has 2 atom stereocenters. The molecule has 0 spiro atoms. The summed E-state index contributed by atoms with van der Waals surface area (Å²) >= 11 is 0. The second-order valence-electron chi connectivity index (χ2n) is 7.17. The van der Waals surface area contributed by atoms with E-state index in [0.717, 1.165) is 58.3 Å². The van der Waals surface area contributed by atoms with E-state index in [0.29, 0.717) is 17.9 Å². The minimum absolute atomic E-state index is 0.391. The van der Waals surface area contributed by atoms with Crippen LogP contribution in [-0.2, 0) is 4.79 Å². The highest BCUT2D eigenvalue weighted by atomic mass is 16.2. The Morgan fingerprint density at radius 1 is 1.21 bits per heavy atom. The molecular weight excluding hydrogens is 296 g/mol. The molecule has 0 aliphatic carbocycles. The Balaban J connectivity index is 1.53. The Morgan fingerprint density at radius 2 is 2.04 bits per heavy atom. The first-order chi connectivity index (χ1) is 11.8. The first-order valence-corrected chi connectivity index (χ1v) is 9.51. The van der Waals surface area contributed by atoms with Gasteiger partial charge in [-0.1, -0.05) is 55.8 Å². The van der Waals surface area contributed by atoms with E-state index in [1.807, 2.05) is 0 Å². The molecule has 2 aliphatic rings. The fourth-order valence-corrected chi connectivity index (χ4v) is 4.11. The maximum atomic E-state index is 12.3. The lowest BCUT2D eigenvalue weighted by Gasteiger charge is -2.47. The summed E-state index contributed by atoms with van der Waals surface area (Å²) in [5, 5.41) is 0. The van der Waals surface area contributed by atoms with Crippen LogP contribution in [0.2, 0.25) is 0 Å². The summed E-state index contributed by atoms with van der Waals surface area (Å²) in [5.41, 5.74) is 1.27. The van der Waals surface area contributed by atoms with Gasteiger partial charge in [0.2, 0.25) is 5.91 Å². The summed E-state index contributed by atoms with van der Waals surface area (Å²) in [6.45, 7) is 6.43. The monoisotopic (exact) mass is 326 g/mol. The summed E-state index contributed by atoms with van der Waals surface area (Å²) in [6.07, 6.45) is 9.75. The number of carbonyl (C=O) groups excluding carboxylic acids is 1. The number of piperidine rings is 2. The molecule has 2 fully saturated rings. The molecule has 24 heavy (non-hydrogen) atoms. The van der Waals surface area contributed by atoms with Crippen LogP contribution < -0.4 is 0 Å². The van der Waals surface area contributed by atoms with Gasteiger partial charge in [-0.15, -0.1) is 0 Å². The molecule has 0 radical (unpaired) electrons. The molecule has 2 aliphatic heterocycles. The quantitative estimate of drug-likeness (QED) is 0.793. The van der Waals surface area contributed by atoms with Gasteiger partial charge in [-0.2, -0.15) is 0 Å². The Hall–Kier alpha value is -1.61. The normalized spacial score (nSPS) is 25.2. The Morgan fingerprint density at radius 3 is 2.83 bits per heavy atom. The summed E-state index contributed by atoms with van der Waals surface area (Å²) in [4.78, 5) is 17.0. The molecule has 2 saturated heterocycles. The highest BCUT2D eigenvalue weighted by molar-refractivity contribution is 5.77. The number of hydrogen-bond acceptors (Lipinski definition) is 2. The third-order valence-electron chi connectivity index (χ3n) is 5.45. The first-order valence-electron chi connectivity index (χ1n) is 9.51. The maximum Gasteiger partial charge on any atom is 0.222 e. The Kier molecular flexibility index (Phi) is 6.08. The fourth-order valence-electron chi connectivity index (χ4n) is 4.11. The van der Waals surface area contributed by atoms with Crippen molar-refractivity contribution in [2.75, 3.05) is 26.2 Å². The van der Waals surface area contributed by atoms with E-state index in [-0.39, 0.29) is 0 Å². The molecule has 0 N–H and O–H groups in total. The van der Waals surface area contributed by atoms with Crippen LogP contribution in [0.4, 0.5) is 0 Å². The molecule has 3 heteroatoms. The summed E-state index contributed by atoms with van der Waals surface area (Å²) in [6, 6.07) is 11.0. The standard InChI is InChI=1S/C21H30N2O/c1-2-3-15-23-20-13-16-22(17-19(20)11-12-21(23)24)14-7-10-18-8-5-4-6-9-18/h4-10,19-20H,2-3,11-17H2,1H3/t19-,20+/m1/s1. The molecule has 1 aromatic carbocycles. The zero-order chi connectivity index (χ0) is 16.8. The lowest BCUT2D eigenvalue weighted by Crippen LogP contribution is -2.56. The average Bonchev–Trinajstić information content (AvgIpc) is 2.62. The van der Waals surface area contributed by atoms with Crippen LogP contribution in [0.3, 0.4) is 0 Å². The van der Waals surface area contributed by atoms with Gasteiger partial charge >= 0.3 is 0 Å². The van der Waals surface area contributed by atoms with E-state index in [9.17, 15) is 4.79 Å². The average molecular weight is 326 g/mol. The molecule has 130 valence electrons. The van der Waals surface area contributed by atoms with Crippen LogP contribution in [0.1, 0.15) is 44.6 Å². The minimum atomic E-state index is 0.391. The summed E-state index contributed by atoms with van der Waals surface area (Å²) in [7, 11) is 0. The van der Waals surface area contributed by atoms with Gasteiger partial charge in [0.15, 0.2) is 0 Å². The topological polar surface area (TPSA) is 23.6 Å². The number of likely N-dealkylation sites (tertiary alicyclic amines) is 2. The van der Waals surface area contributed by atoms with Crippen LogP contribution >= 0.6 is 0 Å². The molecule has 2 heterocycles. The number of benzene rings is 1. The third-order valence-corrected chi connectivity index (χ3v) is 5.45. The summed E-state index contributed by atoms with van der Waals surface area (Å²) in [5.74, 6) is 1.06. The lowest BCUT2D eigenvalue weighted by molar-refractivity contribution is -0.141. The molecule has 1 aromatic rings. The fraction of sp³-hybridized carbons (Fsp3) is 0.571. The van der Waals surface area contributed by atoms with E-state index >= 15 is 0 Å². The van der Waals surface area contributed by atoms with E-state index < -0.39 is 0 Å². The predicted octanol–water partition coefficient (Wildman–Crippen LogP) is 3.81. The van der Waals surface area contributed by atoms with Crippen molar-refractivity contribution in [3.63, 3.8) is 0 Å². The van der Waals surface area contributed by atoms with Crippen molar-refractivity contribution >= 4 is 12.0 Å². The number of fused-ring (bicyclic) bond motifs is 1. The number of nitrogens with zero attached hydrogens (tertiary/aromatic N) is 2. The van der Waals surface area contributed by atoms with Crippen molar-refractivity contribution in [1.82, 2.24) is 9.80 Å². The largest absolute Gasteiger partial charge is 0.339 e. The zero-order valence-corrected chi connectivity index (χ0v) is 14.9. The SMILES string of the molecule is CCCCN1C(=O)CC[C@@H]2CN(CC=Cc3ccccc3)CC[C@@H]21. The summed E-state index contributed by atoms with van der Waals surface area (Å²) < 4.78 is 0. The Bertz CT molecular complexity index is 554. The van der Waals surface area contributed by atoms with Crippen molar-refractivity contribution < 1.29 is 4.79 Å². The highest BCUT2D eigenvalue weighted by Gasteiger charge is 2.38. The van der Waals surface area contributed by atoms with Crippen LogP contribution in [0.15, 0.2) is 36.4 Å². The Labute approximate surface area is 146 Å². The van der Waals surface area contributed by atoms with Crippen LogP contribution in [0.25, 0.3) is 6.08 Å². The van der Waals surface area contributed by atoms with Gasteiger partial charge in [0.05, 0.1) is 0 Å². The van der Waals surface area contributed by atoms with Crippen molar-refractivity contribution in [2.45, 2.75) is 45.1 Å². The van der Waals surface area contributed by atoms with E-state index in [1.54, 1.807) is 0 Å². The van der Waals surface area contributed by atoms with Crippen molar-refractivity contribution in [3.8, 4) is 0 Å². The van der Waals surface area contributed by atoms with E-state index in [2.05, 4.69) is 59.2 Å². The number of unbranched alkanes of at least 4 members (excludes halogenated alkanes) is 1. The molecule has 3 rings (SSSR count). The third kappa shape index (κ3) is 4.27.